The van der Waals surface area contributed by atoms with Crippen molar-refractivity contribution in [3.05, 3.63) is 24.0 Å². The number of alkyl halides is 3. The van der Waals surface area contributed by atoms with Crippen molar-refractivity contribution >= 4 is 0 Å². The van der Waals surface area contributed by atoms with Crippen molar-refractivity contribution in [2.24, 2.45) is 5.92 Å². The van der Waals surface area contributed by atoms with Gasteiger partial charge in [0.25, 0.3) is 0 Å². The maximum atomic E-state index is 11.8. The lowest BCUT2D eigenvalue weighted by atomic mass is 10.2. The fourth-order valence-corrected chi connectivity index (χ4v) is 1.50. The van der Waals surface area contributed by atoms with E-state index in [9.17, 15) is 13.2 Å². The first kappa shape index (κ1) is 17.7. The van der Waals surface area contributed by atoms with Crippen LogP contribution in [0, 0.1) is 5.92 Å². The van der Waals surface area contributed by atoms with Crippen molar-refractivity contribution in [3.8, 4) is 5.75 Å². The fourth-order valence-electron chi connectivity index (χ4n) is 1.50. The van der Waals surface area contributed by atoms with Crippen LogP contribution in [0.2, 0.25) is 0 Å². The van der Waals surface area contributed by atoms with Crippen molar-refractivity contribution in [1.29, 1.82) is 0 Å². The van der Waals surface area contributed by atoms with Gasteiger partial charge in [0, 0.05) is 6.54 Å². The third-order valence-corrected chi connectivity index (χ3v) is 2.42. The molecule has 0 radical (unpaired) electrons. The molecule has 1 heterocycles. The summed E-state index contributed by atoms with van der Waals surface area (Å²) in [5.41, 5.74) is 0.885. The van der Waals surface area contributed by atoms with Gasteiger partial charge in [-0.3, -0.25) is 4.98 Å². The lowest BCUT2D eigenvalue weighted by molar-refractivity contribution is -0.175. The summed E-state index contributed by atoms with van der Waals surface area (Å²) in [5, 5.41) is 3.26. The molecule has 4 nitrogen and oxygen atoms in total. The highest BCUT2D eigenvalue weighted by Gasteiger charge is 2.27. The van der Waals surface area contributed by atoms with E-state index >= 15 is 0 Å². The molecular formula is C14H21F3N2O2. The predicted octanol–water partition coefficient (Wildman–Crippen LogP) is 2.78. The number of nitrogens with one attached hydrogen (secondary N) is 1. The van der Waals surface area contributed by atoms with Gasteiger partial charge >= 0.3 is 6.18 Å². The molecule has 0 saturated carbocycles. The quantitative estimate of drug-likeness (QED) is 0.713. The molecule has 0 bridgehead atoms. The molecule has 0 fully saturated rings. The Bertz CT molecular complexity index is 394. The molecule has 0 aliphatic rings. The summed E-state index contributed by atoms with van der Waals surface area (Å²) >= 11 is 0. The molecule has 1 aromatic heterocycles. The van der Waals surface area contributed by atoms with Gasteiger partial charge < -0.3 is 14.8 Å². The molecule has 0 aliphatic heterocycles. The summed E-state index contributed by atoms with van der Waals surface area (Å²) in [5.74, 6) is 1.09. The molecule has 1 N–H and O–H groups in total. The molecule has 0 saturated heterocycles. The van der Waals surface area contributed by atoms with E-state index in [4.69, 9.17) is 4.74 Å². The summed E-state index contributed by atoms with van der Waals surface area (Å²) in [6.07, 6.45) is -2.75. The number of aromatic nitrogens is 1. The van der Waals surface area contributed by atoms with Crippen molar-refractivity contribution in [1.82, 2.24) is 10.3 Å². The zero-order valence-electron chi connectivity index (χ0n) is 12.2. The van der Waals surface area contributed by atoms with Crippen LogP contribution in [-0.4, -0.2) is 37.5 Å². The molecule has 120 valence electrons. The lowest BCUT2D eigenvalue weighted by Crippen LogP contribution is -2.20. The van der Waals surface area contributed by atoms with Crippen LogP contribution in [0.4, 0.5) is 13.2 Å². The Balaban J connectivity index is 2.19. The maximum Gasteiger partial charge on any atom is 0.411 e. The van der Waals surface area contributed by atoms with Crippen molar-refractivity contribution in [3.63, 3.8) is 0 Å². The minimum absolute atomic E-state index is 0.0582. The van der Waals surface area contributed by atoms with Gasteiger partial charge in [-0.25, -0.2) is 0 Å². The summed E-state index contributed by atoms with van der Waals surface area (Å²) in [6.45, 7) is 4.52. The molecule has 1 aromatic rings. The van der Waals surface area contributed by atoms with Crippen molar-refractivity contribution < 1.29 is 22.6 Å². The molecule has 0 atom stereocenters. The normalized spacial score (nSPS) is 11.9. The average Bonchev–Trinajstić information content (AvgIpc) is 2.38. The van der Waals surface area contributed by atoms with Crippen LogP contribution < -0.4 is 10.1 Å². The average molecular weight is 306 g/mol. The molecule has 1 rings (SSSR count). The van der Waals surface area contributed by atoms with E-state index in [1.54, 1.807) is 12.3 Å². The zero-order valence-corrected chi connectivity index (χ0v) is 12.2. The van der Waals surface area contributed by atoms with E-state index in [1.807, 2.05) is 6.07 Å². The Labute approximate surface area is 122 Å². The highest BCUT2D eigenvalue weighted by molar-refractivity contribution is 5.19. The Morgan fingerprint density at radius 2 is 2.00 bits per heavy atom. The van der Waals surface area contributed by atoms with Crippen molar-refractivity contribution in [2.45, 2.75) is 26.6 Å². The lowest BCUT2D eigenvalue weighted by Gasteiger charge is -2.10. The minimum Gasteiger partial charge on any atom is -0.490 e. The van der Waals surface area contributed by atoms with E-state index in [0.717, 1.165) is 12.2 Å². The molecule has 0 aromatic carbocycles. The molecule has 0 amide bonds. The number of nitrogens with zero attached hydrogens (tertiary/aromatic N) is 1. The molecule has 7 heteroatoms. The standard InChI is InChI=1S/C14H21F3N2O2/c1-11(2)7-18-8-12-3-4-13(9-19-12)21-6-5-20-10-14(15,16)17/h3-4,9,11,18H,5-8,10H2,1-2H3. The second-order valence-corrected chi connectivity index (χ2v) is 5.03. The maximum absolute atomic E-state index is 11.8. The first-order valence-corrected chi connectivity index (χ1v) is 6.80. The summed E-state index contributed by atoms with van der Waals surface area (Å²) in [6, 6.07) is 3.56. The van der Waals surface area contributed by atoms with Gasteiger partial charge in [0.2, 0.25) is 0 Å². The van der Waals surface area contributed by atoms with Gasteiger partial charge in [0.15, 0.2) is 0 Å². The third-order valence-electron chi connectivity index (χ3n) is 2.42. The molecule has 0 unspecified atom stereocenters. The van der Waals surface area contributed by atoms with E-state index in [0.29, 0.717) is 18.2 Å². The van der Waals surface area contributed by atoms with Crippen LogP contribution >= 0.6 is 0 Å². The van der Waals surface area contributed by atoms with Crippen molar-refractivity contribution in [2.75, 3.05) is 26.4 Å². The van der Waals surface area contributed by atoms with E-state index < -0.39 is 12.8 Å². The Kier molecular flexibility index (Phi) is 7.45. The minimum atomic E-state index is -4.30. The SMILES string of the molecule is CC(C)CNCc1ccc(OCCOCC(F)(F)F)cn1. The van der Waals surface area contributed by atoms with Gasteiger partial charge in [-0.2, -0.15) is 13.2 Å². The number of pyridine rings is 1. The van der Waals surface area contributed by atoms with Crippen LogP contribution in [0.25, 0.3) is 0 Å². The summed E-state index contributed by atoms with van der Waals surface area (Å²) in [4.78, 5) is 4.21. The molecule has 21 heavy (non-hydrogen) atoms. The first-order chi connectivity index (χ1) is 9.87. The van der Waals surface area contributed by atoms with E-state index in [-0.39, 0.29) is 13.2 Å². The number of hydrogen-bond donors (Lipinski definition) is 1. The molecule has 0 spiro atoms. The monoisotopic (exact) mass is 306 g/mol. The van der Waals surface area contributed by atoms with Gasteiger partial charge in [0.05, 0.1) is 18.5 Å². The zero-order chi connectivity index (χ0) is 15.7. The number of rotatable bonds is 9. The van der Waals surface area contributed by atoms with Crippen LogP contribution in [0.1, 0.15) is 19.5 Å². The second-order valence-electron chi connectivity index (χ2n) is 5.03. The summed E-state index contributed by atoms with van der Waals surface area (Å²) < 4.78 is 45.1. The smallest absolute Gasteiger partial charge is 0.411 e. The number of halogens is 3. The number of hydrogen-bond acceptors (Lipinski definition) is 4. The Morgan fingerprint density at radius 1 is 1.24 bits per heavy atom. The first-order valence-electron chi connectivity index (χ1n) is 6.80. The third kappa shape index (κ3) is 9.25. The van der Waals surface area contributed by atoms with E-state index in [2.05, 4.69) is 28.9 Å². The molecule has 0 aliphatic carbocycles. The Morgan fingerprint density at radius 3 is 2.57 bits per heavy atom. The van der Waals surface area contributed by atoms with Crippen LogP contribution in [0.5, 0.6) is 5.75 Å². The highest BCUT2D eigenvalue weighted by Crippen LogP contribution is 2.14. The Hall–Kier alpha value is -1.34. The fraction of sp³-hybridized carbons (Fsp3) is 0.643. The van der Waals surface area contributed by atoms with Gasteiger partial charge in [-0.05, 0) is 24.6 Å². The van der Waals surface area contributed by atoms with Crippen LogP contribution in [0.3, 0.4) is 0 Å². The summed E-state index contributed by atoms with van der Waals surface area (Å²) in [7, 11) is 0. The van der Waals surface area contributed by atoms with Crippen LogP contribution in [-0.2, 0) is 11.3 Å². The van der Waals surface area contributed by atoms with Gasteiger partial charge in [-0.15, -0.1) is 0 Å². The van der Waals surface area contributed by atoms with Gasteiger partial charge in [-0.1, -0.05) is 13.8 Å². The number of ether oxygens (including phenoxy) is 2. The highest BCUT2D eigenvalue weighted by atomic mass is 19.4. The second kappa shape index (κ2) is 8.84. The van der Waals surface area contributed by atoms with Gasteiger partial charge in [0.1, 0.15) is 19.0 Å². The van der Waals surface area contributed by atoms with E-state index in [1.165, 1.54) is 0 Å². The molecular weight excluding hydrogens is 285 g/mol. The largest absolute Gasteiger partial charge is 0.490 e. The van der Waals surface area contributed by atoms with Crippen LogP contribution in [0.15, 0.2) is 18.3 Å². The topological polar surface area (TPSA) is 43.4 Å². The predicted molar refractivity (Wildman–Crippen MR) is 73.2 cm³/mol.